The lowest BCUT2D eigenvalue weighted by atomic mass is 9.69. The summed E-state index contributed by atoms with van der Waals surface area (Å²) in [6.07, 6.45) is 2.33. The molecule has 1 N–H and O–H groups in total. The maximum absolute atomic E-state index is 16.0. The van der Waals surface area contributed by atoms with E-state index in [1.54, 1.807) is 20.8 Å². The number of aryl methyl sites for hydroxylation is 1. The number of likely N-dealkylation sites (tertiary alicyclic amines) is 2. The van der Waals surface area contributed by atoms with E-state index in [1.165, 1.54) is 0 Å². The van der Waals surface area contributed by atoms with Crippen molar-refractivity contribution in [1.82, 2.24) is 14.4 Å². The Bertz CT molecular complexity index is 3590. The van der Waals surface area contributed by atoms with Gasteiger partial charge in [0, 0.05) is 48.2 Å². The van der Waals surface area contributed by atoms with E-state index in [2.05, 4.69) is 80.1 Å². The number of ether oxygens (including phenoxy) is 2. The summed E-state index contributed by atoms with van der Waals surface area (Å²) in [5.74, 6) is -0.690. The second-order valence-corrected chi connectivity index (χ2v) is 24.9. The van der Waals surface area contributed by atoms with Crippen molar-refractivity contribution in [3.8, 4) is 22.3 Å². The van der Waals surface area contributed by atoms with Gasteiger partial charge in [0.15, 0.2) is 0 Å². The van der Waals surface area contributed by atoms with Crippen LogP contribution in [0.4, 0.5) is 32.3 Å². The molecule has 0 radical (unpaired) electrons. The lowest BCUT2D eigenvalue weighted by molar-refractivity contribution is -0.124. The maximum Gasteiger partial charge on any atom is 0.410 e. The number of benzene rings is 6. The number of amides is 4. The molecule has 1 aromatic heterocycles. The highest BCUT2D eigenvalue weighted by atomic mass is 35.5. The Morgan fingerprint density at radius 2 is 1.18 bits per heavy atom. The fourth-order valence-corrected chi connectivity index (χ4v) is 13.9. The van der Waals surface area contributed by atoms with Gasteiger partial charge in [0.2, 0.25) is 11.8 Å². The third-order valence-electron chi connectivity index (χ3n) is 16.7. The first-order valence-corrected chi connectivity index (χ1v) is 28.0. The number of aliphatic hydroxyl groups is 1. The third-order valence-corrected chi connectivity index (χ3v) is 17.1. The highest BCUT2D eigenvalue weighted by molar-refractivity contribution is 6.31. The quantitative estimate of drug-likeness (QED) is 0.153. The van der Waals surface area contributed by atoms with Crippen molar-refractivity contribution >= 4 is 69.3 Å². The molecular formula is C66H70ClN5O7. The zero-order chi connectivity index (χ0) is 56.1. The largest absolute Gasteiger partial charge is 0.444 e. The van der Waals surface area contributed by atoms with Crippen LogP contribution in [-0.2, 0) is 50.0 Å². The van der Waals surface area contributed by atoms with Crippen LogP contribution in [0.5, 0.6) is 0 Å². The molecule has 12 nitrogen and oxygen atoms in total. The van der Waals surface area contributed by atoms with E-state index in [4.69, 9.17) is 21.1 Å². The van der Waals surface area contributed by atoms with Gasteiger partial charge in [0.25, 0.3) is 0 Å². The molecule has 5 heterocycles. The van der Waals surface area contributed by atoms with Crippen LogP contribution in [0.1, 0.15) is 97.4 Å². The van der Waals surface area contributed by atoms with E-state index in [0.717, 1.165) is 66.9 Å². The molecule has 5 atom stereocenters. The Balaban J connectivity index is 1.01. The molecule has 13 heteroatoms. The summed E-state index contributed by atoms with van der Waals surface area (Å²) in [5, 5.41) is 11.4. The summed E-state index contributed by atoms with van der Waals surface area (Å²) in [4.78, 5) is 68.1. The summed E-state index contributed by atoms with van der Waals surface area (Å²) in [5.41, 5.74) is 7.11. The Morgan fingerprint density at radius 3 is 1.76 bits per heavy atom. The summed E-state index contributed by atoms with van der Waals surface area (Å²) in [7, 11) is 2.04. The van der Waals surface area contributed by atoms with Crippen LogP contribution in [0.3, 0.4) is 0 Å². The minimum Gasteiger partial charge on any atom is -0.444 e. The Labute approximate surface area is 468 Å². The van der Waals surface area contributed by atoms with E-state index in [0.29, 0.717) is 48.6 Å². The van der Waals surface area contributed by atoms with Crippen LogP contribution in [0.2, 0.25) is 5.02 Å². The number of rotatable bonds is 9. The van der Waals surface area contributed by atoms with Crippen molar-refractivity contribution in [2.45, 2.75) is 122 Å². The van der Waals surface area contributed by atoms with Gasteiger partial charge in [-0.2, -0.15) is 0 Å². The molecule has 6 aromatic carbocycles. The van der Waals surface area contributed by atoms with Crippen LogP contribution >= 0.6 is 11.6 Å². The predicted molar refractivity (Wildman–Crippen MR) is 312 cm³/mol. The average Bonchev–Trinajstić information content (AvgIpc) is 2.68. The molecule has 408 valence electrons. The Morgan fingerprint density at radius 1 is 0.633 bits per heavy atom. The van der Waals surface area contributed by atoms with E-state index < -0.39 is 46.3 Å². The molecular weight excluding hydrogens is 1010 g/mol. The van der Waals surface area contributed by atoms with Crippen LogP contribution in [0.15, 0.2) is 140 Å². The molecule has 4 unspecified atom stereocenters. The number of aliphatic hydroxyl groups excluding tert-OH is 1. The number of fused-ring (bicyclic) bond motifs is 5. The normalized spacial score (nSPS) is 21.3. The number of carbonyl (C=O) groups excluding carboxylic acids is 4. The van der Waals surface area contributed by atoms with Gasteiger partial charge in [-0.25, -0.2) is 9.59 Å². The fraction of sp³-hybridized carbons (Fsp3) is 0.364. The van der Waals surface area contributed by atoms with Crippen LogP contribution in [0, 0.1) is 11.8 Å². The number of nitrogens with zero attached hydrogens (tertiary/aromatic N) is 5. The number of hydrogen-bond donors (Lipinski definition) is 1. The second-order valence-electron chi connectivity index (χ2n) is 24.5. The molecule has 7 aromatic rings. The van der Waals surface area contributed by atoms with Gasteiger partial charge in [-0.1, -0.05) is 111 Å². The van der Waals surface area contributed by atoms with Crippen molar-refractivity contribution in [3.63, 3.8) is 0 Å². The standard InChI is InChI=1S/C66H70ClN5O7/c1-40(2)57-66(29-31-69(57)61(76)78-63(4,5)6)52-34-42(21-26-55(52)72(60(66)75)50-18-14-16-45(36-50)47-23-22-43-27-30-68(10)56(43)38-47)33-41(3)58-65(28-32-70(58)62(77)79-64(7,8)9)51-19-11-12-20-54(51)71(59(65)74)49-17-13-15-44(35-49)46-24-25-48(39-73)53(67)37-46/h11-27,30,34-38,40-41,57-58,73H,28-29,31-33,39H2,1-10H3/t41?,57-,58?,65?,66?/m0/s1. The Hall–Kier alpha value is -7.41. The highest BCUT2D eigenvalue weighted by Crippen LogP contribution is 2.58. The van der Waals surface area contributed by atoms with Crippen molar-refractivity contribution in [1.29, 1.82) is 0 Å². The first-order valence-electron chi connectivity index (χ1n) is 27.6. The third kappa shape index (κ3) is 9.05. The lowest BCUT2D eigenvalue weighted by Crippen LogP contribution is -2.54. The monoisotopic (exact) mass is 1080 g/mol. The van der Waals surface area contributed by atoms with Gasteiger partial charge in [-0.05, 0) is 177 Å². The number of halogens is 1. The average molecular weight is 1080 g/mol. The second kappa shape index (κ2) is 19.7. The molecule has 0 bridgehead atoms. The van der Waals surface area contributed by atoms with Crippen LogP contribution < -0.4 is 9.80 Å². The predicted octanol–water partition coefficient (Wildman–Crippen LogP) is 14.0. The number of carbonyl (C=O) groups is 4. The van der Waals surface area contributed by atoms with Crippen molar-refractivity contribution in [2.75, 3.05) is 22.9 Å². The molecule has 4 aliphatic heterocycles. The molecule has 4 aliphatic rings. The van der Waals surface area contributed by atoms with Gasteiger partial charge in [0.1, 0.15) is 11.2 Å². The molecule has 2 fully saturated rings. The van der Waals surface area contributed by atoms with Crippen molar-refractivity contribution in [3.05, 3.63) is 167 Å². The maximum atomic E-state index is 16.0. The van der Waals surface area contributed by atoms with E-state index >= 15 is 9.59 Å². The molecule has 2 spiro atoms. The first-order chi connectivity index (χ1) is 37.5. The van der Waals surface area contributed by atoms with E-state index in [1.807, 2.05) is 132 Å². The van der Waals surface area contributed by atoms with Gasteiger partial charge in [0.05, 0.1) is 40.9 Å². The lowest BCUT2D eigenvalue weighted by Gasteiger charge is -2.39. The SMILES string of the molecule is CC(Cc1ccc2c(c1)C1(CCN(C(=O)OC(C)(C)C)[C@H]1C(C)C)C(=O)N2c1cccc(-c2ccc3ccn(C)c3c2)c1)C1N(C(=O)OC(C)(C)C)CCC12C(=O)N(c1cccc(-c3ccc(CO)c(Cl)c3)c1)c1ccccc12. The van der Waals surface area contributed by atoms with E-state index in [9.17, 15) is 14.7 Å². The summed E-state index contributed by atoms with van der Waals surface area (Å²) in [6.45, 7) is 17.8. The summed E-state index contributed by atoms with van der Waals surface area (Å²) in [6, 6.07) is 43.0. The number of aromatic nitrogens is 1. The molecule has 4 amide bonds. The number of para-hydroxylation sites is 1. The zero-order valence-electron chi connectivity index (χ0n) is 46.8. The minimum absolute atomic E-state index is 0.0964. The molecule has 79 heavy (non-hydrogen) atoms. The van der Waals surface area contributed by atoms with Crippen LogP contribution in [-0.4, -0.2) is 79.8 Å². The first kappa shape index (κ1) is 53.6. The zero-order valence-corrected chi connectivity index (χ0v) is 47.6. The molecule has 0 aliphatic carbocycles. The van der Waals surface area contributed by atoms with Crippen molar-refractivity contribution in [2.24, 2.45) is 18.9 Å². The fourth-order valence-electron chi connectivity index (χ4n) is 13.6. The summed E-state index contributed by atoms with van der Waals surface area (Å²) < 4.78 is 14.3. The molecule has 0 saturated carbocycles. The molecule has 2 saturated heterocycles. The van der Waals surface area contributed by atoms with E-state index in [-0.39, 0.29) is 30.3 Å². The molecule has 11 rings (SSSR count). The van der Waals surface area contributed by atoms with Crippen molar-refractivity contribution < 1.29 is 33.8 Å². The smallest absolute Gasteiger partial charge is 0.410 e. The van der Waals surface area contributed by atoms with Gasteiger partial charge in [-0.15, -0.1) is 0 Å². The van der Waals surface area contributed by atoms with Gasteiger partial charge >= 0.3 is 12.2 Å². The summed E-state index contributed by atoms with van der Waals surface area (Å²) >= 11 is 6.59. The highest BCUT2D eigenvalue weighted by Gasteiger charge is 2.65. The minimum atomic E-state index is -1.16. The Kier molecular flexibility index (Phi) is 13.4. The number of anilines is 4. The van der Waals surface area contributed by atoms with Gasteiger partial charge in [-0.3, -0.25) is 19.4 Å². The number of hydrogen-bond acceptors (Lipinski definition) is 7. The van der Waals surface area contributed by atoms with Crippen LogP contribution in [0.25, 0.3) is 33.2 Å². The topological polar surface area (TPSA) is 125 Å². The van der Waals surface area contributed by atoms with Gasteiger partial charge < -0.3 is 28.9 Å².